The Labute approximate surface area is 113 Å². The van der Waals surface area contributed by atoms with Crippen LogP contribution >= 0.6 is 0 Å². The normalized spacial score (nSPS) is 9.33. The van der Waals surface area contributed by atoms with Gasteiger partial charge >= 0.3 is 0 Å². The highest BCUT2D eigenvalue weighted by Crippen LogP contribution is 2.26. The predicted molar refractivity (Wildman–Crippen MR) is 85.5 cm³/mol. The van der Waals surface area contributed by atoms with Gasteiger partial charge in [0.15, 0.2) is 0 Å². The van der Waals surface area contributed by atoms with E-state index < -0.39 is 0 Å². The van der Waals surface area contributed by atoms with Crippen LogP contribution in [0.3, 0.4) is 0 Å². The fraction of sp³-hybridized carbons (Fsp3) is 0.444. The molecule has 100 valence electrons. The molecule has 0 heteroatoms. The average Bonchev–Trinajstić information content (AvgIpc) is 2.43. The lowest BCUT2D eigenvalue weighted by atomic mass is 9.94. The maximum Gasteiger partial charge on any atom is -0.0147 e. The van der Waals surface area contributed by atoms with Crippen molar-refractivity contribution in [2.24, 2.45) is 0 Å². The van der Waals surface area contributed by atoms with Crippen molar-refractivity contribution in [2.75, 3.05) is 0 Å². The standard InChI is InChI=1S/C14H16.2C2H6/c1-10(2)12-7-5-8-13-11(3)6-4-9-14(12)13;2*1-2/h4-10H,1-3H3;2*1-2H3. The molecule has 0 aliphatic carbocycles. The van der Waals surface area contributed by atoms with Crippen LogP contribution in [-0.2, 0) is 0 Å². The Bertz CT molecular complexity index is 453. The Balaban J connectivity index is 0.000000659. The fourth-order valence-electron chi connectivity index (χ4n) is 1.99. The summed E-state index contributed by atoms with van der Waals surface area (Å²) in [7, 11) is 0. The van der Waals surface area contributed by atoms with Gasteiger partial charge in [0, 0.05) is 0 Å². The third-order valence-corrected chi connectivity index (χ3v) is 2.80. The van der Waals surface area contributed by atoms with Gasteiger partial charge in [-0.2, -0.15) is 0 Å². The molecule has 0 aliphatic rings. The van der Waals surface area contributed by atoms with Gasteiger partial charge in [-0.1, -0.05) is 77.9 Å². The van der Waals surface area contributed by atoms with Crippen molar-refractivity contribution in [1.82, 2.24) is 0 Å². The lowest BCUT2D eigenvalue weighted by Gasteiger charge is -2.10. The van der Waals surface area contributed by atoms with E-state index in [2.05, 4.69) is 57.2 Å². The molecule has 0 nitrogen and oxygen atoms in total. The highest BCUT2D eigenvalue weighted by molar-refractivity contribution is 5.88. The molecule has 0 bridgehead atoms. The second-order valence-electron chi connectivity index (χ2n) is 4.17. The lowest BCUT2D eigenvalue weighted by molar-refractivity contribution is 0.876. The summed E-state index contributed by atoms with van der Waals surface area (Å²) in [4.78, 5) is 0. The zero-order valence-corrected chi connectivity index (χ0v) is 13.0. The van der Waals surface area contributed by atoms with Gasteiger partial charge in [-0.3, -0.25) is 0 Å². The highest BCUT2D eigenvalue weighted by Gasteiger charge is 2.04. The summed E-state index contributed by atoms with van der Waals surface area (Å²) in [6.45, 7) is 14.7. The van der Waals surface area contributed by atoms with Crippen molar-refractivity contribution in [3.05, 3.63) is 47.5 Å². The SMILES string of the molecule is CC.CC.Cc1cccc2c(C(C)C)cccc12. The third-order valence-electron chi connectivity index (χ3n) is 2.80. The molecule has 0 fully saturated rings. The summed E-state index contributed by atoms with van der Waals surface area (Å²) in [6.07, 6.45) is 0. The Hall–Kier alpha value is -1.30. The smallest absolute Gasteiger partial charge is 0.0147 e. The van der Waals surface area contributed by atoms with Gasteiger partial charge in [-0.15, -0.1) is 0 Å². The van der Waals surface area contributed by atoms with Crippen LogP contribution in [0, 0.1) is 6.92 Å². The Morgan fingerprint density at radius 1 is 0.722 bits per heavy atom. The Kier molecular flexibility index (Phi) is 8.11. The van der Waals surface area contributed by atoms with E-state index in [1.54, 1.807) is 0 Å². The number of fused-ring (bicyclic) bond motifs is 1. The average molecular weight is 244 g/mol. The first kappa shape index (κ1) is 16.7. The molecule has 0 saturated heterocycles. The van der Waals surface area contributed by atoms with Crippen LogP contribution in [0.5, 0.6) is 0 Å². The van der Waals surface area contributed by atoms with E-state index in [0.29, 0.717) is 5.92 Å². The van der Waals surface area contributed by atoms with E-state index in [9.17, 15) is 0 Å². The number of rotatable bonds is 1. The quantitative estimate of drug-likeness (QED) is 0.550. The molecule has 0 heterocycles. The molecule has 2 aromatic carbocycles. The predicted octanol–water partition coefficient (Wildman–Crippen LogP) is 6.32. The topological polar surface area (TPSA) is 0 Å². The first-order chi connectivity index (χ1) is 8.70. The van der Waals surface area contributed by atoms with Crippen LogP contribution in [0.1, 0.15) is 58.6 Å². The van der Waals surface area contributed by atoms with Crippen LogP contribution in [0.25, 0.3) is 10.8 Å². The number of aryl methyl sites for hydroxylation is 1. The summed E-state index contributed by atoms with van der Waals surface area (Å²) in [5, 5.41) is 2.79. The van der Waals surface area contributed by atoms with Crippen molar-refractivity contribution >= 4 is 10.8 Å². The van der Waals surface area contributed by atoms with E-state index in [0.717, 1.165) is 0 Å². The van der Waals surface area contributed by atoms with Crippen LogP contribution in [0.2, 0.25) is 0 Å². The summed E-state index contributed by atoms with van der Waals surface area (Å²) < 4.78 is 0. The van der Waals surface area contributed by atoms with Crippen molar-refractivity contribution in [2.45, 2.75) is 54.4 Å². The van der Waals surface area contributed by atoms with E-state index in [-0.39, 0.29) is 0 Å². The molecule has 0 atom stereocenters. The van der Waals surface area contributed by atoms with Crippen LogP contribution in [0.15, 0.2) is 36.4 Å². The second-order valence-corrected chi connectivity index (χ2v) is 4.17. The van der Waals surface area contributed by atoms with Gasteiger partial charge in [0.25, 0.3) is 0 Å². The monoisotopic (exact) mass is 244 g/mol. The van der Waals surface area contributed by atoms with Gasteiger partial charge < -0.3 is 0 Å². The maximum atomic E-state index is 2.25. The largest absolute Gasteiger partial charge is 0.0683 e. The molecule has 0 amide bonds. The second kappa shape index (κ2) is 8.74. The van der Waals surface area contributed by atoms with E-state index in [1.165, 1.54) is 21.9 Å². The Morgan fingerprint density at radius 3 is 1.78 bits per heavy atom. The molecule has 18 heavy (non-hydrogen) atoms. The minimum Gasteiger partial charge on any atom is -0.0683 e. The molecule has 0 N–H and O–H groups in total. The zero-order valence-electron chi connectivity index (χ0n) is 13.0. The highest BCUT2D eigenvalue weighted by atomic mass is 14.1. The molecule has 2 aromatic rings. The van der Waals surface area contributed by atoms with Crippen molar-refractivity contribution in [3.8, 4) is 0 Å². The molecule has 0 unspecified atom stereocenters. The zero-order chi connectivity index (χ0) is 14.1. The maximum absolute atomic E-state index is 2.25. The lowest BCUT2D eigenvalue weighted by Crippen LogP contribution is -1.89. The first-order valence-electron chi connectivity index (χ1n) is 7.18. The van der Waals surface area contributed by atoms with Crippen LogP contribution < -0.4 is 0 Å². The molecule has 0 radical (unpaired) electrons. The molecule has 0 aromatic heterocycles. The van der Waals surface area contributed by atoms with Crippen molar-refractivity contribution < 1.29 is 0 Å². The van der Waals surface area contributed by atoms with E-state index in [1.807, 2.05) is 27.7 Å². The minimum absolute atomic E-state index is 0.598. The molecule has 0 saturated carbocycles. The first-order valence-corrected chi connectivity index (χ1v) is 7.18. The number of hydrogen-bond acceptors (Lipinski definition) is 0. The molecular weight excluding hydrogens is 216 g/mol. The van der Waals surface area contributed by atoms with Crippen molar-refractivity contribution in [1.29, 1.82) is 0 Å². The number of benzene rings is 2. The summed E-state index contributed by atoms with van der Waals surface area (Å²) >= 11 is 0. The van der Waals surface area contributed by atoms with Gasteiger partial charge in [-0.05, 0) is 34.7 Å². The molecule has 0 spiro atoms. The Morgan fingerprint density at radius 2 is 1.22 bits per heavy atom. The molecule has 2 rings (SSSR count). The van der Waals surface area contributed by atoms with Gasteiger partial charge in [0.2, 0.25) is 0 Å². The van der Waals surface area contributed by atoms with E-state index >= 15 is 0 Å². The summed E-state index contributed by atoms with van der Waals surface area (Å²) in [5.74, 6) is 0.598. The number of hydrogen-bond donors (Lipinski definition) is 0. The van der Waals surface area contributed by atoms with Crippen LogP contribution in [-0.4, -0.2) is 0 Å². The minimum atomic E-state index is 0.598. The molecular formula is C18H28. The van der Waals surface area contributed by atoms with Crippen molar-refractivity contribution in [3.63, 3.8) is 0 Å². The summed E-state index contributed by atoms with van der Waals surface area (Å²) in [5.41, 5.74) is 2.82. The van der Waals surface area contributed by atoms with Crippen LogP contribution in [0.4, 0.5) is 0 Å². The van der Waals surface area contributed by atoms with Gasteiger partial charge in [0.1, 0.15) is 0 Å². The fourth-order valence-corrected chi connectivity index (χ4v) is 1.99. The summed E-state index contributed by atoms with van der Waals surface area (Å²) in [6, 6.07) is 13.1. The van der Waals surface area contributed by atoms with Gasteiger partial charge in [-0.25, -0.2) is 0 Å². The molecule has 0 aliphatic heterocycles. The van der Waals surface area contributed by atoms with E-state index in [4.69, 9.17) is 0 Å². The third kappa shape index (κ3) is 3.87. The van der Waals surface area contributed by atoms with Gasteiger partial charge in [0.05, 0.1) is 0 Å².